The van der Waals surface area contributed by atoms with Gasteiger partial charge in [-0.3, -0.25) is 4.79 Å². The molecule has 0 spiro atoms. The summed E-state index contributed by atoms with van der Waals surface area (Å²) < 4.78 is 16.2. The molecule has 0 saturated heterocycles. The monoisotopic (exact) mass is 353 g/mol. The summed E-state index contributed by atoms with van der Waals surface area (Å²) in [5.74, 6) is 1.52. The normalized spacial score (nSPS) is 12.0. The number of nitrogens with zero attached hydrogens (tertiary/aromatic N) is 1. The minimum absolute atomic E-state index is 0.0157. The quantitative estimate of drug-likeness (QED) is 0.666. The summed E-state index contributed by atoms with van der Waals surface area (Å²) in [7, 11) is 5.06. The molecule has 5 heteroatoms. The second-order valence-corrected chi connectivity index (χ2v) is 6.22. The van der Waals surface area contributed by atoms with Gasteiger partial charge in [0.05, 0.1) is 32.9 Å². The number of hydrogen-bond donors (Lipinski definition) is 0. The molecule has 26 heavy (non-hydrogen) atoms. The number of hydrogen-bond acceptors (Lipinski definition) is 4. The van der Waals surface area contributed by atoms with Gasteiger partial charge in [-0.15, -0.1) is 0 Å². The van der Waals surface area contributed by atoms with Crippen LogP contribution in [0.3, 0.4) is 0 Å². The van der Waals surface area contributed by atoms with Crippen LogP contribution < -0.4 is 9.47 Å². The molecular formula is C21H23NO4. The van der Waals surface area contributed by atoms with Crippen LogP contribution in [-0.2, 0) is 11.2 Å². The standard InChI is InChI=1S/C21H23NO4/c1-14(17-7-5-6-8-19(17)25-4)22(2)21(23)11-15-13-26-20-12-16(24-3)9-10-18(15)20/h5-10,12-14H,11H2,1-4H3. The van der Waals surface area contributed by atoms with Crippen molar-refractivity contribution < 1.29 is 18.7 Å². The number of para-hydroxylation sites is 1. The zero-order valence-corrected chi connectivity index (χ0v) is 15.5. The maximum atomic E-state index is 12.8. The molecule has 0 aliphatic rings. The Bertz CT molecular complexity index is 915. The minimum atomic E-state index is -0.100. The molecule has 1 heterocycles. The Hall–Kier alpha value is -2.95. The maximum Gasteiger partial charge on any atom is 0.227 e. The van der Waals surface area contributed by atoms with E-state index >= 15 is 0 Å². The van der Waals surface area contributed by atoms with E-state index in [1.165, 1.54) is 0 Å². The van der Waals surface area contributed by atoms with Gasteiger partial charge in [-0.1, -0.05) is 18.2 Å². The van der Waals surface area contributed by atoms with Crippen molar-refractivity contribution >= 4 is 16.9 Å². The van der Waals surface area contributed by atoms with Crippen LogP contribution in [-0.4, -0.2) is 32.1 Å². The summed E-state index contributed by atoms with van der Waals surface area (Å²) in [6.07, 6.45) is 1.92. The third-order valence-corrected chi connectivity index (χ3v) is 4.77. The van der Waals surface area contributed by atoms with Crippen LogP contribution >= 0.6 is 0 Å². The fraction of sp³-hybridized carbons (Fsp3) is 0.286. The number of likely N-dealkylation sites (N-methyl/N-ethyl adjacent to an activating group) is 1. The smallest absolute Gasteiger partial charge is 0.227 e. The molecule has 1 atom stereocenters. The van der Waals surface area contributed by atoms with E-state index in [1.807, 2.05) is 56.4 Å². The molecule has 0 bridgehead atoms. The van der Waals surface area contributed by atoms with Crippen LogP contribution in [0.1, 0.15) is 24.1 Å². The van der Waals surface area contributed by atoms with Gasteiger partial charge in [0.2, 0.25) is 5.91 Å². The number of methoxy groups -OCH3 is 2. The van der Waals surface area contributed by atoms with E-state index in [0.717, 1.165) is 28.0 Å². The Morgan fingerprint density at radius 1 is 1.15 bits per heavy atom. The average molecular weight is 353 g/mol. The van der Waals surface area contributed by atoms with Crippen LogP contribution in [0.2, 0.25) is 0 Å². The summed E-state index contributed by atoms with van der Waals surface area (Å²) >= 11 is 0. The van der Waals surface area contributed by atoms with E-state index in [-0.39, 0.29) is 18.4 Å². The van der Waals surface area contributed by atoms with E-state index in [1.54, 1.807) is 25.4 Å². The molecule has 0 aliphatic carbocycles. The van der Waals surface area contributed by atoms with Crippen molar-refractivity contribution in [2.75, 3.05) is 21.3 Å². The molecule has 0 fully saturated rings. The Morgan fingerprint density at radius 3 is 2.65 bits per heavy atom. The van der Waals surface area contributed by atoms with Crippen molar-refractivity contribution in [2.24, 2.45) is 0 Å². The van der Waals surface area contributed by atoms with Crippen LogP contribution in [0.25, 0.3) is 11.0 Å². The topological polar surface area (TPSA) is 51.9 Å². The molecule has 3 aromatic rings. The van der Waals surface area contributed by atoms with Crippen molar-refractivity contribution in [3.8, 4) is 11.5 Å². The highest BCUT2D eigenvalue weighted by molar-refractivity contribution is 5.88. The Labute approximate surface area is 153 Å². The van der Waals surface area contributed by atoms with Crippen molar-refractivity contribution in [2.45, 2.75) is 19.4 Å². The second kappa shape index (κ2) is 7.52. The Kier molecular flexibility index (Phi) is 5.16. The number of amides is 1. The Balaban J connectivity index is 1.79. The summed E-state index contributed by atoms with van der Waals surface area (Å²) in [6.45, 7) is 1.99. The number of benzene rings is 2. The fourth-order valence-electron chi connectivity index (χ4n) is 3.05. The zero-order chi connectivity index (χ0) is 18.7. The van der Waals surface area contributed by atoms with Gasteiger partial charge in [0.25, 0.3) is 0 Å². The molecular weight excluding hydrogens is 330 g/mol. The number of fused-ring (bicyclic) bond motifs is 1. The third kappa shape index (κ3) is 3.38. The van der Waals surface area contributed by atoms with Crippen LogP contribution in [0, 0.1) is 0 Å². The largest absolute Gasteiger partial charge is 0.497 e. The number of rotatable bonds is 6. The number of carbonyl (C=O) groups excluding carboxylic acids is 1. The van der Waals surface area contributed by atoms with Crippen molar-refractivity contribution in [1.82, 2.24) is 4.90 Å². The van der Waals surface area contributed by atoms with E-state index in [0.29, 0.717) is 5.58 Å². The highest BCUT2D eigenvalue weighted by Crippen LogP contribution is 2.30. The second-order valence-electron chi connectivity index (χ2n) is 6.22. The van der Waals surface area contributed by atoms with Gasteiger partial charge >= 0.3 is 0 Å². The lowest BCUT2D eigenvalue weighted by Crippen LogP contribution is -2.31. The third-order valence-electron chi connectivity index (χ3n) is 4.77. The van der Waals surface area contributed by atoms with Gasteiger partial charge in [0.1, 0.15) is 17.1 Å². The number of furan rings is 1. The molecule has 5 nitrogen and oxygen atoms in total. The molecule has 0 radical (unpaired) electrons. The average Bonchev–Trinajstić information content (AvgIpc) is 3.08. The van der Waals surface area contributed by atoms with Gasteiger partial charge in [-0.05, 0) is 25.1 Å². The predicted octanol–water partition coefficient (Wildman–Crippen LogP) is 4.21. The van der Waals surface area contributed by atoms with Crippen LogP contribution in [0.4, 0.5) is 0 Å². The highest BCUT2D eigenvalue weighted by Gasteiger charge is 2.21. The van der Waals surface area contributed by atoms with E-state index in [4.69, 9.17) is 13.9 Å². The number of ether oxygens (including phenoxy) is 2. The summed E-state index contributed by atoms with van der Waals surface area (Å²) in [4.78, 5) is 14.5. The zero-order valence-electron chi connectivity index (χ0n) is 15.5. The van der Waals surface area contributed by atoms with Gasteiger partial charge in [0.15, 0.2) is 0 Å². The predicted molar refractivity (Wildman–Crippen MR) is 101 cm³/mol. The first-order valence-corrected chi connectivity index (χ1v) is 8.47. The maximum absolute atomic E-state index is 12.8. The lowest BCUT2D eigenvalue weighted by molar-refractivity contribution is -0.131. The highest BCUT2D eigenvalue weighted by atomic mass is 16.5. The number of carbonyl (C=O) groups is 1. The molecule has 3 rings (SSSR count). The molecule has 0 N–H and O–H groups in total. The molecule has 136 valence electrons. The Morgan fingerprint density at radius 2 is 1.92 bits per heavy atom. The van der Waals surface area contributed by atoms with Crippen LogP contribution in [0.15, 0.2) is 53.1 Å². The van der Waals surface area contributed by atoms with Crippen molar-refractivity contribution in [3.05, 3.63) is 59.9 Å². The fourth-order valence-corrected chi connectivity index (χ4v) is 3.05. The van der Waals surface area contributed by atoms with Gasteiger partial charge in [-0.25, -0.2) is 0 Å². The van der Waals surface area contributed by atoms with E-state index in [9.17, 15) is 4.79 Å². The van der Waals surface area contributed by atoms with E-state index < -0.39 is 0 Å². The first-order valence-electron chi connectivity index (χ1n) is 8.47. The van der Waals surface area contributed by atoms with Gasteiger partial charge in [-0.2, -0.15) is 0 Å². The molecule has 0 aliphatic heterocycles. The van der Waals surface area contributed by atoms with Crippen molar-refractivity contribution in [1.29, 1.82) is 0 Å². The lowest BCUT2D eigenvalue weighted by Gasteiger charge is -2.26. The summed E-state index contributed by atoms with van der Waals surface area (Å²) in [5, 5.41) is 0.928. The van der Waals surface area contributed by atoms with Crippen molar-refractivity contribution in [3.63, 3.8) is 0 Å². The molecule has 1 aromatic heterocycles. The lowest BCUT2D eigenvalue weighted by atomic mass is 10.0. The first kappa shape index (κ1) is 17.9. The van der Waals surface area contributed by atoms with Crippen LogP contribution in [0.5, 0.6) is 11.5 Å². The molecule has 1 unspecified atom stereocenters. The summed E-state index contributed by atoms with van der Waals surface area (Å²) in [6, 6.07) is 13.3. The molecule has 0 saturated carbocycles. The SMILES string of the molecule is COc1ccc2c(CC(=O)N(C)C(C)c3ccccc3OC)coc2c1. The first-order chi connectivity index (χ1) is 12.5. The minimum Gasteiger partial charge on any atom is -0.497 e. The molecule has 1 amide bonds. The summed E-state index contributed by atoms with van der Waals surface area (Å²) in [5.41, 5.74) is 2.56. The van der Waals surface area contributed by atoms with Gasteiger partial charge in [0, 0.05) is 29.6 Å². The van der Waals surface area contributed by atoms with E-state index in [2.05, 4.69) is 0 Å². The van der Waals surface area contributed by atoms with Gasteiger partial charge < -0.3 is 18.8 Å². The molecule has 2 aromatic carbocycles.